The second-order valence-electron chi connectivity index (χ2n) is 9.36. The third kappa shape index (κ3) is 7.65. The molecule has 0 fully saturated rings. The second kappa shape index (κ2) is 13.0. The number of benzene rings is 2. The SMILES string of the molecule is CN(C)c1ccc(/C=C/C=C/c2ccnc(-c3cc(/C=C/C=C/c4ccc(N(C)C)cc4)ccn3)c2)cc1. The number of aromatic nitrogens is 2. The molecule has 0 aliphatic heterocycles. The standard InChI is InChI=1S/C34H34N4/c1-37(2)31-17-13-27(14-18-31)9-5-7-11-29-21-23-35-33(25-29)34-26-30(22-24-36-34)12-8-6-10-28-15-19-32(20-16-28)38(3)4/h5-26H,1-4H3/b9-5+,10-6+,11-7+,12-8+. The molecule has 4 rings (SSSR count). The summed E-state index contributed by atoms with van der Waals surface area (Å²) in [4.78, 5) is 13.3. The van der Waals surface area contributed by atoms with Gasteiger partial charge in [-0.2, -0.15) is 0 Å². The first-order valence-electron chi connectivity index (χ1n) is 12.6. The average molecular weight is 499 g/mol. The fraction of sp³-hybridized carbons (Fsp3) is 0.118. The zero-order valence-corrected chi connectivity index (χ0v) is 22.5. The Morgan fingerprint density at radius 2 is 0.789 bits per heavy atom. The Morgan fingerprint density at radius 1 is 0.447 bits per heavy atom. The minimum atomic E-state index is 0.849. The van der Waals surface area contributed by atoms with Crippen molar-refractivity contribution in [1.29, 1.82) is 0 Å². The third-order valence-corrected chi connectivity index (χ3v) is 6.03. The van der Waals surface area contributed by atoms with Crippen molar-refractivity contribution >= 4 is 35.7 Å². The van der Waals surface area contributed by atoms with Gasteiger partial charge in [-0.3, -0.25) is 9.97 Å². The van der Waals surface area contributed by atoms with Crippen LogP contribution in [0.15, 0.2) is 109 Å². The Morgan fingerprint density at radius 3 is 1.13 bits per heavy atom. The fourth-order valence-corrected chi connectivity index (χ4v) is 3.82. The van der Waals surface area contributed by atoms with Gasteiger partial charge < -0.3 is 9.80 Å². The Balaban J connectivity index is 1.39. The maximum absolute atomic E-state index is 4.54. The Bertz CT molecular complexity index is 1330. The quantitative estimate of drug-likeness (QED) is 0.221. The summed E-state index contributed by atoms with van der Waals surface area (Å²) in [6.45, 7) is 0. The summed E-state index contributed by atoms with van der Waals surface area (Å²) >= 11 is 0. The zero-order valence-electron chi connectivity index (χ0n) is 22.5. The molecule has 2 aromatic carbocycles. The lowest BCUT2D eigenvalue weighted by Gasteiger charge is -2.11. The van der Waals surface area contributed by atoms with Crippen LogP contribution in [0.25, 0.3) is 35.7 Å². The molecule has 4 aromatic rings. The maximum atomic E-state index is 4.54. The van der Waals surface area contributed by atoms with Crippen molar-refractivity contribution in [2.24, 2.45) is 0 Å². The van der Waals surface area contributed by atoms with Gasteiger partial charge in [-0.15, -0.1) is 0 Å². The van der Waals surface area contributed by atoms with Crippen LogP contribution < -0.4 is 9.80 Å². The third-order valence-electron chi connectivity index (χ3n) is 6.03. The summed E-state index contributed by atoms with van der Waals surface area (Å²) in [5.74, 6) is 0. The van der Waals surface area contributed by atoms with E-state index in [1.54, 1.807) is 0 Å². The molecule has 190 valence electrons. The van der Waals surface area contributed by atoms with Crippen LogP contribution in [0.4, 0.5) is 11.4 Å². The van der Waals surface area contributed by atoms with Gasteiger partial charge in [0.15, 0.2) is 0 Å². The smallest absolute Gasteiger partial charge is 0.0892 e. The number of pyridine rings is 2. The van der Waals surface area contributed by atoms with Crippen molar-refractivity contribution in [3.63, 3.8) is 0 Å². The molecule has 0 saturated heterocycles. The summed E-state index contributed by atoms with van der Waals surface area (Å²) < 4.78 is 0. The predicted octanol–water partition coefficient (Wildman–Crippen LogP) is 7.73. The van der Waals surface area contributed by atoms with Crippen molar-refractivity contribution in [2.75, 3.05) is 38.0 Å². The maximum Gasteiger partial charge on any atom is 0.0892 e. The minimum Gasteiger partial charge on any atom is -0.378 e. The van der Waals surface area contributed by atoms with Gasteiger partial charge in [-0.05, 0) is 70.8 Å². The highest BCUT2D eigenvalue weighted by molar-refractivity contribution is 5.66. The molecule has 0 radical (unpaired) electrons. The van der Waals surface area contributed by atoms with E-state index in [0.29, 0.717) is 0 Å². The van der Waals surface area contributed by atoms with Gasteiger partial charge >= 0.3 is 0 Å². The molecule has 0 aliphatic carbocycles. The number of nitrogens with zero attached hydrogens (tertiary/aromatic N) is 4. The van der Waals surface area contributed by atoms with Crippen molar-refractivity contribution in [3.8, 4) is 11.4 Å². The first-order valence-corrected chi connectivity index (χ1v) is 12.6. The van der Waals surface area contributed by atoms with Crippen LogP contribution >= 0.6 is 0 Å². The van der Waals surface area contributed by atoms with Gasteiger partial charge in [0.25, 0.3) is 0 Å². The number of hydrogen-bond donors (Lipinski definition) is 0. The van der Waals surface area contributed by atoms with Gasteiger partial charge in [0, 0.05) is 52.0 Å². The van der Waals surface area contributed by atoms with E-state index in [-0.39, 0.29) is 0 Å². The van der Waals surface area contributed by atoms with Gasteiger partial charge in [0.2, 0.25) is 0 Å². The molecule has 0 atom stereocenters. The Kier molecular flexibility index (Phi) is 9.03. The van der Waals surface area contributed by atoms with Crippen LogP contribution in [0.2, 0.25) is 0 Å². The molecule has 38 heavy (non-hydrogen) atoms. The minimum absolute atomic E-state index is 0.849. The first-order chi connectivity index (χ1) is 18.5. The van der Waals surface area contributed by atoms with E-state index in [1.807, 2.05) is 64.9 Å². The summed E-state index contributed by atoms with van der Waals surface area (Å²) in [6.07, 6.45) is 20.2. The molecule has 4 heteroatoms. The summed E-state index contributed by atoms with van der Waals surface area (Å²) in [6, 6.07) is 25.1. The highest BCUT2D eigenvalue weighted by Gasteiger charge is 2.02. The molecule has 2 aromatic heterocycles. The van der Waals surface area contributed by atoms with Gasteiger partial charge in [0.1, 0.15) is 0 Å². The molecule has 0 bridgehead atoms. The van der Waals surface area contributed by atoms with E-state index in [4.69, 9.17) is 0 Å². The molecular formula is C34H34N4. The number of anilines is 2. The fourth-order valence-electron chi connectivity index (χ4n) is 3.82. The predicted molar refractivity (Wildman–Crippen MR) is 165 cm³/mol. The van der Waals surface area contributed by atoms with E-state index in [1.165, 1.54) is 22.5 Å². The van der Waals surface area contributed by atoms with Gasteiger partial charge in [-0.1, -0.05) is 72.9 Å². The lowest BCUT2D eigenvalue weighted by atomic mass is 10.1. The van der Waals surface area contributed by atoms with Gasteiger partial charge in [0.05, 0.1) is 11.4 Å². The molecular weight excluding hydrogens is 464 g/mol. The molecule has 0 aliphatic rings. The van der Waals surface area contributed by atoms with Crippen LogP contribution in [0.3, 0.4) is 0 Å². The van der Waals surface area contributed by atoms with E-state index in [9.17, 15) is 0 Å². The largest absolute Gasteiger partial charge is 0.378 e. The lowest BCUT2D eigenvalue weighted by molar-refractivity contribution is 1.13. The zero-order chi connectivity index (χ0) is 26.7. The van der Waals surface area contributed by atoms with Crippen molar-refractivity contribution in [3.05, 3.63) is 132 Å². The van der Waals surface area contributed by atoms with Crippen molar-refractivity contribution < 1.29 is 0 Å². The second-order valence-corrected chi connectivity index (χ2v) is 9.36. The Hall–Kier alpha value is -4.70. The van der Waals surface area contributed by atoms with E-state index in [2.05, 4.69) is 117 Å². The number of allylic oxidation sites excluding steroid dienone is 4. The van der Waals surface area contributed by atoms with E-state index >= 15 is 0 Å². The topological polar surface area (TPSA) is 32.3 Å². The summed E-state index contributed by atoms with van der Waals surface area (Å²) in [5, 5.41) is 0. The molecule has 0 N–H and O–H groups in total. The van der Waals surface area contributed by atoms with Crippen molar-refractivity contribution in [2.45, 2.75) is 0 Å². The molecule has 0 unspecified atom stereocenters. The number of hydrogen-bond acceptors (Lipinski definition) is 4. The summed E-state index contributed by atoms with van der Waals surface area (Å²) in [5.41, 5.74) is 8.57. The van der Waals surface area contributed by atoms with Crippen LogP contribution in [-0.4, -0.2) is 38.2 Å². The molecule has 0 spiro atoms. The molecule has 4 nitrogen and oxygen atoms in total. The summed E-state index contributed by atoms with van der Waals surface area (Å²) in [7, 11) is 8.18. The Labute approximate surface area is 226 Å². The highest BCUT2D eigenvalue weighted by atomic mass is 15.1. The van der Waals surface area contributed by atoms with Gasteiger partial charge in [-0.25, -0.2) is 0 Å². The molecule has 0 saturated carbocycles. The van der Waals surface area contributed by atoms with Crippen molar-refractivity contribution in [1.82, 2.24) is 9.97 Å². The lowest BCUT2D eigenvalue weighted by Crippen LogP contribution is -2.07. The monoisotopic (exact) mass is 498 g/mol. The van der Waals surface area contributed by atoms with Crippen LogP contribution in [0, 0.1) is 0 Å². The van der Waals surface area contributed by atoms with Crippen LogP contribution in [0.5, 0.6) is 0 Å². The van der Waals surface area contributed by atoms with E-state index < -0.39 is 0 Å². The molecule has 0 amide bonds. The average Bonchev–Trinajstić information content (AvgIpc) is 2.94. The highest BCUT2D eigenvalue weighted by Crippen LogP contribution is 2.19. The van der Waals surface area contributed by atoms with Crippen LogP contribution in [0.1, 0.15) is 22.3 Å². The number of rotatable bonds is 9. The first kappa shape index (κ1) is 26.4. The van der Waals surface area contributed by atoms with Crippen LogP contribution in [-0.2, 0) is 0 Å². The molecule has 2 heterocycles. The normalized spacial score (nSPS) is 11.8. The van der Waals surface area contributed by atoms with E-state index in [0.717, 1.165) is 22.5 Å².